The fourth-order valence-electron chi connectivity index (χ4n) is 2.77. The molecule has 3 aromatic carbocycles. The SMILES string of the molecule is Cc1cc(C)cc(-c2cccc3[cH-]c(C)cc23)c1.Cl.Cl.[Zr]. The second kappa shape index (κ2) is 8.23. The van der Waals surface area contributed by atoms with Crippen molar-refractivity contribution in [3.05, 3.63) is 65.2 Å². The van der Waals surface area contributed by atoms with Crippen LogP contribution in [-0.2, 0) is 26.2 Å². The predicted molar refractivity (Wildman–Crippen MR) is 93.7 cm³/mol. The van der Waals surface area contributed by atoms with Crippen LogP contribution in [0.15, 0.2) is 48.5 Å². The van der Waals surface area contributed by atoms with Crippen molar-refractivity contribution in [3.8, 4) is 11.1 Å². The second-order valence-corrected chi connectivity index (χ2v) is 5.22. The van der Waals surface area contributed by atoms with Gasteiger partial charge in [-0.3, -0.25) is 0 Å². The van der Waals surface area contributed by atoms with Crippen LogP contribution < -0.4 is 0 Å². The quantitative estimate of drug-likeness (QED) is 0.442. The van der Waals surface area contributed by atoms with Gasteiger partial charge in [0.2, 0.25) is 0 Å². The molecule has 0 saturated carbocycles. The molecule has 0 atom stereocenters. The number of benzene rings is 2. The molecule has 0 unspecified atom stereocenters. The summed E-state index contributed by atoms with van der Waals surface area (Å²) in [5, 5.41) is 2.70. The molecule has 21 heavy (non-hydrogen) atoms. The smallest absolute Gasteiger partial charge is 0 e. The Kier molecular flexibility index (Phi) is 8.04. The third-order valence-electron chi connectivity index (χ3n) is 3.43. The molecule has 0 N–H and O–H groups in total. The normalized spacial score (nSPS) is 9.48. The van der Waals surface area contributed by atoms with Crippen LogP contribution in [0.4, 0.5) is 0 Å². The molecule has 0 fully saturated rings. The zero-order valence-corrected chi connectivity index (χ0v) is 16.5. The van der Waals surface area contributed by atoms with E-state index in [2.05, 4.69) is 69.3 Å². The Hall–Kier alpha value is -0.487. The van der Waals surface area contributed by atoms with Crippen LogP contribution in [0, 0.1) is 20.8 Å². The largest absolute Gasteiger partial charge is 0.165 e. The van der Waals surface area contributed by atoms with Crippen LogP contribution in [-0.4, -0.2) is 0 Å². The minimum Gasteiger partial charge on any atom is -0.165 e. The van der Waals surface area contributed by atoms with E-state index in [1.807, 2.05) is 0 Å². The van der Waals surface area contributed by atoms with Crippen molar-refractivity contribution in [2.24, 2.45) is 0 Å². The van der Waals surface area contributed by atoms with Gasteiger partial charge in [-0.1, -0.05) is 47.9 Å². The molecule has 0 aromatic heterocycles. The van der Waals surface area contributed by atoms with E-state index in [0.717, 1.165) is 0 Å². The molecule has 0 bridgehead atoms. The molecule has 0 spiro atoms. The van der Waals surface area contributed by atoms with Crippen LogP contribution >= 0.6 is 24.8 Å². The molecular formula is C18H19Cl2Zr-. The van der Waals surface area contributed by atoms with Gasteiger partial charge in [0.15, 0.2) is 0 Å². The Morgan fingerprint density at radius 2 is 1.43 bits per heavy atom. The number of aryl methyl sites for hydroxylation is 3. The van der Waals surface area contributed by atoms with E-state index in [1.54, 1.807) is 0 Å². The molecule has 0 nitrogen and oxygen atoms in total. The van der Waals surface area contributed by atoms with Gasteiger partial charge in [-0.2, -0.15) is 6.07 Å². The first-order valence-electron chi connectivity index (χ1n) is 6.38. The Balaban J connectivity index is 0.00000133. The summed E-state index contributed by atoms with van der Waals surface area (Å²) in [6, 6.07) is 17.8. The van der Waals surface area contributed by atoms with Gasteiger partial charge in [0.25, 0.3) is 0 Å². The van der Waals surface area contributed by atoms with E-state index in [9.17, 15) is 0 Å². The summed E-state index contributed by atoms with van der Waals surface area (Å²) in [7, 11) is 0. The zero-order chi connectivity index (χ0) is 12.7. The topological polar surface area (TPSA) is 0 Å². The van der Waals surface area contributed by atoms with Crippen molar-refractivity contribution < 1.29 is 26.2 Å². The van der Waals surface area contributed by atoms with E-state index in [-0.39, 0.29) is 51.0 Å². The number of fused-ring (bicyclic) bond motifs is 1. The van der Waals surface area contributed by atoms with Crippen LogP contribution in [0.3, 0.4) is 0 Å². The summed E-state index contributed by atoms with van der Waals surface area (Å²) in [6.45, 7) is 6.48. The molecule has 0 amide bonds. The first-order valence-corrected chi connectivity index (χ1v) is 6.38. The maximum absolute atomic E-state index is 2.28. The third kappa shape index (κ3) is 4.25. The molecular weight excluding hydrogens is 378 g/mol. The molecule has 3 aromatic rings. The molecule has 3 heteroatoms. The first-order chi connectivity index (χ1) is 8.63. The summed E-state index contributed by atoms with van der Waals surface area (Å²) in [4.78, 5) is 0. The number of hydrogen-bond donors (Lipinski definition) is 0. The molecule has 3 rings (SSSR count). The van der Waals surface area contributed by atoms with Crippen molar-refractivity contribution in [2.45, 2.75) is 20.8 Å². The molecule has 110 valence electrons. The van der Waals surface area contributed by atoms with Crippen molar-refractivity contribution in [1.82, 2.24) is 0 Å². The second-order valence-electron chi connectivity index (χ2n) is 5.22. The van der Waals surface area contributed by atoms with E-state index >= 15 is 0 Å². The first kappa shape index (κ1) is 20.5. The van der Waals surface area contributed by atoms with Gasteiger partial charge in [-0.25, -0.2) is 0 Å². The minimum absolute atomic E-state index is 0. The van der Waals surface area contributed by atoms with Gasteiger partial charge >= 0.3 is 0 Å². The average Bonchev–Trinajstić information content (AvgIpc) is 2.67. The Morgan fingerprint density at radius 1 is 0.810 bits per heavy atom. The Morgan fingerprint density at radius 3 is 2.05 bits per heavy atom. The summed E-state index contributed by atoms with van der Waals surface area (Å²) in [5.41, 5.74) is 6.65. The summed E-state index contributed by atoms with van der Waals surface area (Å²) in [5.74, 6) is 0. The van der Waals surface area contributed by atoms with Gasteiger partial charge in [0.05, 0.1) is 0 Å². The van der Waals surface area contributed by atoms with E-state index in [1.165, 1.54) is 38.6 Å². The van der Waals surface area contributed by atoms with Crippen LogP contribution in [0.1, 0.15) is 16.7 Å². The summed E-state index contributed by atoms with van der Waals surface area (Å²) < 4.78 is 0. The van der Waals surface area contributed by atoms with E-state index in [0.29, 0.717) is 0 Å². The molecule has 0 saturated heterocycles. The zero-order valence-electron chi connectivity index (χ0n) is 12.4. The van der Waals surface area contributed by atoms with Crippen molar-refractivity contribution in [1.29, 1.82) is 0 Å². The van der Waals surface area contributed by atoms with Gasteiger partial charge in [0, 0.05) is 26.2 Å². The third-order valence-corrected chi connectivity index (χ3v) is 3.43. The van der Waals surface area contributed by atoms with Gasteiger partial charge in [-0.15, -0.1) is 59.3 Å². The maximum atomic E-state index is 2.28. The van der Waals surface area contributed by atoms with Crippen molar-refractivity contribution in [3.63, 3.8) is 0 Å². The van der Waals surface area contributed by atoms with Gasteiger partial charge in [0.1, 0.15) is 0 Å². The van der Waals surface area contributed by atoms with Crippen LogP contribution in [0.25, 0.3) is 21.9 Å². The molecule has 0 aliphatic heterocycles. The standard InChI is InChI=1S/C18H17.2ClH.Zr/c1-12-7-13(2)10-16(9-12)17-6-4-5-15-8-14(3)11-18(15)17;;;/h4-11H,1-3H3;2*1H;/q-1;;;. The summed E-state index contributed by atoms with van der Waals surface area (Å²) in [6.07, 6.45) is 0. The monoisotopic (exact) mass is 395 g/mol. The average molecular weight is 397 g/mol. The summed E-state index contributed by atoms with van der Waals surface area (Å²) >= 11 is 0. The Bertz CT molecular complexity index is 709. The maximum Gasteiger partial charge on any atom is 0 e. The number of hydrogen-bond acceptors (Lipinski definition) is 0. The number of halogens is 2. The fourth-order valence-corrected chi connectivity index (χ4v) is 2.77. The van der Waals surface area contributed by atoms with Crippen LogP contribution in [0.2, 0.25) is 0 Å². The fraction of sp³-hybridized carbons (Fsp3) is 0.167. The predicted octanol–water partition coefficient (Wildman–Crippen LogP) is 5.99. The Labute approximate surface area is 158 Å². The van der Waals surface area contributed by atoms with Gasteiger partial charge < -0.3 is 0 Å². The number of rotatable bonds is 1. The van der Waals surface area contributed by atoms with Crippen molar-refractivity contribution >= 4 is 35.6 Å². The van der Waals surface area contributed by atoms with Crippen molar-refractivity contribution in [2.75, 3.05) is 0 Å². The molecule has 0 aliphatic carbocycles. The minimum atomic E-state index is 0. The molecule has 0 radical (unpaired) electrons. The molecule has 0 aliphatic rings. The van der Waals surface area contributed by atoms with E-state index in [4.69, 9.17) is 0 Å². The van der Waals surface area contributed by atoms with Gasteiger partial charge in [-0.05, 0) is 19.4 Å². The van der Waals surface area contributed by atoms with Crippen LogP contribution in [0.5, 0.6) is 0 Å². The molecule has 0 heterocycles. The van der Waals surface area contributed by atoms with E-state index < -0.39 is 0 Å².